The maximum atomic E-state index is 13.5. The van der Waals surface area contributed by atoms with E-state index in [0.29, 0.717) is 23.8 Å². The third-order valence-corrected chi connectivity index (χ3v) is 7.97. The first-order valence-corrected chi connectivity index (χ1v) is 14.4. The Hall–Kier alpha value is -3.85. The first-order chi connectivity index (χ1) is 19.1. The Kier molecular flexibility index (Phi) is 10.4. The topological polar surface area (TPSA) is 122 Å². The third kappa shape index (κ3) is 8.07. The van der Waals surface area contributed by atoms with Crippen molar-refractivity contribution >= 4 is 29.3 Å². The second-order valence-electron chi connectivity index (χ2n) is 9.69. The second-order valence-corrected chi connectivity index (χ2v) is 10.7. The van der Waals surface area contributed by atoms with Crippen LogP contribution in [0, 0.1) is 11.1 Å². The van der Waals surface area contributed by atoms with Crippen molar-refractivity contribution in [3.05, 3.63) is 101 Å². The minimum Gasteiger partial charge on any atom is -0.309 e. The van der Waals surface area contributed by atoms with Crippen LogP contribution < -0.4 is 10.2 Å². The average Bonchev–Trinajstić information content (AvgIpc) is 3.00. The lowest BCUT2D eigenvalue weighted by Crippen LogP contribution is -2.32. The normalized spacial score (nSPS) is 14.3. The highest BCUT2D eigenvalue weighted by atomic mass is 32.2. The molecule has 2 amide bonds. The average molecular weight is 543 g/mol. The molecule has 4 rings (SSSR count). The van der Waals surface area contributed by atoms with E-state index in [1.165, 1.54) is 43.2 Å². The Bertz CT molecular complexity index is 1240. The van der Waals surface area contributed by atoms with Crippen LogP contribution in [0.4, 0.5) is 5.69 Å². The first kappa shape index (κ1) is 28.2. The molecule has 3 aromatic rings. The molecular weight excluding hydrogens is 508 g/mol. The van der Waals surface area contributed by atoms with Gasteiger partial charge in [0.2, 0.25) is 5.91 Å². The maximum Gasteiger partial charge on any atom is 0.254 e. The van der Waals surface area contributed by atoms with E-state index in [1.807, 2.05) is 35.2 Å². The van der Waals surface area contributed by atoms with E-state index in [2.05, 4.69) is 51.9 Å². The highest BCUT2D eigenvalue weighted by Gasteiger charge is 2.20. The lowest BCUT2D eigenvalue weighted by Gasteiger charge is -2.25. The molecule has 0 unspecified atom stereocenters. The molecule has 0 heterocycles. The SMILES string of the molecule is N=NC(N=N)NC(=O)c1ccc(CN(C(=O)CSCc2ccccc2)c2ccc(C3CCCCC3)cc2)cc1. The van der Waals surface area contributed by atoms with Crippen LogP contribution in [0.1, 0.15) is 65.1 Å². The fraction of sp³-hybridized carbons (Fsp3) is 0.333. The van der Waals surface area contributed by atoms with Crippen LogP contribution in [0.2, 0.25) is 0 Å². The standard InChI is InChI=1S/C30H34N6O2S/c31-34-30(35-32)33-29(38)26-13-11-22(12-14-26)19-36(28(37)21-39-20-23-7-3-1-4-8-23)27-17-15-25(16-18-27)24-9-5-2-6-10-24/h1,3-4,7-8,11-18,24,30-32H,2,5-6,9-10,19-21H2,(H,33,38). The van der Waals surface area contributed by atoms with E-state index >= 15 is 0 Å². The highest BCUT2D eigenvalue weighted by Crippen LogP contribution is 2.33. The fourth-order valence-electron chi connectivity index (χ4n) is 4.83. The van der Waals surface area contributed by atoms with Gasteiger partial charge in [-0.25, -0.2) is 11.1 Å². The lowest BCUT2D eigenvalue weighted by atomic mass is 9.84. The summed E-state index contributed by atoms with van der Waals surface area (Å²) >= 11 is 1.60. The molecule has 1 aliphatic carbocycles. The van der Waals surface area contributed by atoms with Gasteiger partial charge in [0.25, 0.3) is 12.2 Å². The number of hydrogen-bond acceptors (Lipinski definition) is 7. The summed E-state index contributed by atoms with van der Waals surface area (Å²) in [6, 6.07) is 25.5. The van der Waals surface area contributed by atoms with E-state index in [4.69, 9.17) is 11.1 Å². The Balaban J connectivity index is 1.47. The summed E-state index contributed by atoms with van der Waals surface area (Å²) in [6.45, 7) is 0.377. The molecule has 0 spiro atoms. The van der Waals surface area contributed by atoms with Crippen LogP contribution in [0.25, 0.3) is 0 Å². The highest BCUT2D eigenvalue weighted by molar-refractivity contribution is 7.99. The molecule has 39 heavy (non-hydrogen) atoms. The molecule has 202 valence electrons. The molecule has 8 nitrogen and oxygen atoms in total. The van der Waals surface area contributed by atoms with Gasteiger partial charge in [-0.05, 0) is 59.7 Å². The zero-order chi connectivity index (χ0) is 27.5. The van der Waals surface area contributed by atoms with Crippen LogP contribution in [0.15, 0.2) is 89.1 Å². The molecule has 1 aliphatic rings. The maximum absolute atomic E-state index is 13.5. The number of carbonyl (C=O) groups excluding carboxylic acids is 2. The van der Waals surface area contributed by atoms with E-state index in [1.54, 1.807) is 23.9 Å². The van der Waals surface area contributed by atoms with Gasteiger partial charge in [0.1, 0.15) is 0 Å². The van der Waals surface area contributed by atoms with Crippen LogP contribution in [-0.2, 0) is 17.1 Å². The third-order valence-electron chi connectivity index (χ3n) is 6.98. The minimum absolute atomic E-state index is 0.0279. The summed E-state index contributed by atoms with van der Waals surface area (Å²) in [4.78, 5) is 27.7. The van der Waals surface area contributed by atoms with Crippen molar-refractivity contribution < 1.29 is 9.59 Å². The predicted octanol–water partition coefficient (Wildman–Crippen LogP) is 7.28. The van der Waals surface area contributed by atoms with Crippen LogP contribution >= 0.6 is 11.8 Å². The summed E-state index contributed by atoms with van der Waals surface area (Å²) in [5.41, 5.74) is 18.6. The Morgan fingerprint density at radius 3 is 2.18 bits per heavy atom. The zero-order valence-electron chi connectivity index (χ0n) is 21.9. The molecule has 0 aliphatic heterocycles. The predicted molar refractivity (Wildman–Crippen MR) is 154 cm³/mol. The number of rotatable bonds is 12. The molecule has 3 N–H and O–H groups in total. The summed E-state index contributed by atoms with van der Waals surface area (Å²) in [5, 5.41) is 8.55. The molecule has 1 fully saturated rings. The Morgan fingerprint density at radius 2 is 1.54 bits per heavy atom. The largest absolute Gasteiger partial charge is 0.309 e. The van der Waals surface area contributed by atoms with Crippen molar-refractivity contribution in [3.8, 4) is 0 Å². The van der Waals surface area contributed by atoms with Crippen molar-refractivity contribution in [3.63, 3.8) is 0 Å². The smallest absolute Gasteiger partial charge is 0.254 e. The molecule has 0 aromatic heterocycles. The number of benzene rings is 3. The molecule has 1 saturated carbocycles. The summed E-state index contributed by atoms with van der Waals surface area (Å²) in [7, 11) is 0. The number of anilines is 1. The summed E-state index contributed by atoms with van der Waals surface area (Å²) in [6.07, 6.45) is 5.10. The van der Waals surface area contributed by atoms with Gasteiger partial charge in [0, 0.05) is 17.0 Å². The van der Waals surface area contributed by atoms with E-state index in [-0.39, 0.29) is 5.91 Å². The minimum atomic E-state index is -1.23. The fourth-order valence-corrected chi connectivity index (χ4v) is 5.69. The molecule has 0 atom stereocenters. The van der Waals surface area contributed by atoms with Gasteiger partial charge < -0.3 is 10.2 Å². The van der Waals surface area contributed by atoms with E-state index in [0.717, 1.165) is 17.0 Å². The van der Waals surface area contributed by atoms with Crippen molar-refractivity contribution in [2.75, 3.05) is 10.7 Å². The first-order valence-electron chi connectivity index (χ1n) is 13.2. The molecule has 3 aromatic carbocycles. The van der Waals surface area contributed by atoms with Gasteiger partial charge in [-0.1, -0.05) is 73.9 Å². The van der Waals surface area contributed by atoms with Gasteiger partial charge in [-0.2, -0.15) is 0 Å². The van der Waals surface area contributed by atoms with Crippen LogP contribution in [0.3, 0.4) is 0 Å². The quantitative estimate of drug-likeness (QED) is 0.208. The second kappa shape index (κ2) is 14.3. The molecule has 0 radical (unpaired) electrons. The van der Waals surface area contributed by atoms with Crippen LogP contribution in [0.5, 0.6) is 0 Å². The molecular formula is C30H34N6O2S. The van der Waals surface area contributed by atoms with Gasteiger partial charge in [0.15, 0.2) is 0 Å². The van der Waals surface area contributed by atoms with Gasteiger partial charge in [-0.3, -0.25) is 9.59 Å². The molecule has 9 heteroatoms. The van der Waals surface area contributed by atoms with Crippen molar-refractivity contribution in [1.29, 1.82) is 11.1 Å². The van der Waals surface area contributed by atoms with Crippen molar-refractivity contribution in [2.45, 2.75) is 56.6 Å². The van der Waals surface area contributed by atoms with Gasteiger partial charge >= 0.3 is 0 Å². The Morgan fingerprint density at radius 1 is 0.872 bits per heavy atom. The summed E-state index contributed by atoms with van der Waals surface area (Å²) < 4.78 is 0. The van der Waals surface area contributed by atoms with Crippen LogP contribution in [-0.4, -0.2) is 23.9 Å². The number of hydrogen-bond donors (Lipinski definition) is 3. The lowest BCUT2D eigenvalue weighted by molar-refractivity contribution is -0.116. The van der Waals surface area contributed by atoms with Gasteiger partial charge in [-0.15, -0.1) is 22.0 Å². The molecule has 0 saturated heterocycles. The number of nitrogens with one attached hydrogen (secondary N) is 3. The number of amides is 2. The van der Waals surface area contributed by atoms with E-state index in [9.17, 15) is 9.59 Å². The Labute approximate surface area is 233 Å². The number of thioether (sulfide) groups is 1. The monoisotopic (exact) mass is 542 g/mol. The van der Waals surface area contributed by atoms with Crippen molar-refractivity contribution in [1.82, 2.24) is 5.32 Å². The number of nitrogens with zero attached hydrogens (tertiary/aromatic N) is 3. The van der Waals surface area contributed by atoms with Gasteiger partial charge in [0.05, 0.1) is 12.3 Å². The molecule has 0 bridgehead atoms. The number of carbonyl (C=O) groups is 2. The zero-order valence-corrected chi connectivity index (χ0v) is 22.7. The summed E-state index contributed by atoms with van der Waals surface area (Å²) in [5.74, 6) is 1.28. The van der Waals surface area contributed by atoms with E-state index < -0.39 is 12.2 Å². The van der Waals surface area contributed by atoms with Crippen molar-refractivity contribution in [2.24, 2.45) is 10.2 Å².